The van der Waals surface area contributed by atoms with E-state index < -0.39 is 0 Å². The zero-order chi connectivity index (χ0) is 21.3. The number of anilines is 1. The average molecular weight is 425 g/mol. The predicted octanol–water partition coefficient (Wildman–Crippen LogP) is 5.28. The lowest BCUT2D eigenvalue weighted by molar-refractivity contribution is 0.102. The number of carbonyl (C=O) groups is 1. The van der Waals surface area contributed by atoms with Crippen LogP contribution in [0.4, 0.5) is 5.13 Å². The van der Waals surface area contributed by atoms with Crippen molar-refractivity contribution in [3.8, 4) is 11.5 Å². The van der Waals surface area contributed by atoms with E-state index in [1.807, 2.05) is 19.9 Å². The van der Waals surface area contributed by atoms with Crippen molar-refractivity contribution in [3.05, 3.63) is 41.2 Å². The smallest absolute Gasteiger partial charge is 0.258 e. The van der Waals surface area contributed by atoms with Crippen LogP contribution in [-0.2, 0) is 0 Å². The molecule has 0 bridgehead atoms. The number of hydrogen-bond donors (Lipinski definition) is 1. The summed E-state index contributed by atoms with van der Waals surface area (Å²) in [6.45, 7) is 8.30. The number of nitrogens with one attached hydrogen (secondary N) is 1. The monoisotopic (exact) mass is 424 g/mol. The molecule has 0 aliphatic heterocycles. The Morgan fingerprint density at radius 2 is 2.07 bits per heavy atom. The first-order valence-electron chi connectivity index (χ1n) is 10.1. The first-order chi connectivity index (χ1) is 14.5. The standard InChI is InChI=1S/C21H24N6O2S/c1-5-13(6-2)20-25-26-21(30-20)24-19(28)14-10-16(17-8-7-9-29-17)23-18-15(14)11-22-27(18)12(3)4/h7-13H,5-6H2,1-4H3,(H,24,26,28). The molecule has 0 saturated heterocycles. The molecule has 8 nitrogen and oxygen atoms in total. The van der Waals surface area contributed by atoms with Gasteiger partial charge < -0.3 is 4.42 Å². The number of amides is 1. The van der Waals surface area contributed by atoms with Crippen molar-refractivity contribution in [2.24, 2.45) is 0 Å². The third kappa shape index (κ3) is 3.72. The van der Waals surface area contributed by atoms with E-state index in [1.165, 1.54) is 11.3 Å². The Morgan fingerprint density at radius 1 is 1.27 bits per heavy atom. The molecule has 4 rings (SSSR count). The SMILES string of the molecule is CCC(CC)c1nnc(NC(=O)c2cc(-c3ccco3)nc3c2cnn3C(C)C)s1. The van der Waals surface area contributed by atoms with Gasteiger partial charge in [-0.2, -0.15) is 5.10 Å². The first-order valence-corrected chi connectivity index (χ1v) is 10.9. The molecule has 0 spiro atoms. The van der Waals surface area contributed by atoms with Crippen LogP contribution in [0.5, 0.6) is 0 Å². The van der Waals surface area contributed by atoms with Crippen LogP contribution >= 0.6 is 11.3 Å². The second-order valence-corrected chi connectivity index (χ2v) is 8.37. The molecule has 0 aliphatic rings. The first kappa shape index (κ1) is 20.2. The maximum atomic E-state index is 13.2. The molecule has 1 amide bonds. The lowest BCUT2D eigenvalue weighted by Gasteiger charge is -2.09. The maximum absolute atomic E-state index is 13.2. The van der Waals surface area contributed by atoms with Gasteiger partial charge in [-0.15, -0.1) is 10.2 Å². The number of fused-ring (bicyclic) bond motifs is 1. The third-order valence-electron chi connectivity index (χ3n) is 5.07. The zero-order valence-electron chi connectivity index (χ0n) is 17.4. The van der Waals surface area contributed by atoms with Crippen LogP contribution in [0.3, 0.4) is 0 Å². The molecule has 0 atom stereocenters. The third-order valence-corrected chi connectivity index (χ3v) is 6.07. The van der Waals surface area contributed by atoms with Crippen molar-refractivity contribution in [2.75, 3.05) is 5.32 Å². The second kappa shape index (κ2) is 8.35. The van der Waals surface area contributed by atoms with Gasteiger partial charge in [0.05, 0.1) is 23.4 Å². The van der Waals surface area contributed by atoms with E-state index in [4.69, 9.17) is 9.40 Å². The number of carbonyl (C=O) groups excluding carboxylic acids is 1. The highest BCUT2D eigenvalue weighted by Gasteiger charge is 2.21. The molecule has 0 radical (unpaired) electrons. The highest BCUT2D eigenvalue weighted by atomic mass is 32.1. The van der Waals surface area contributed by atoms with Crippen LogP contribution in [0, 0.1) is 0 Å². The van der Waals surface area contributed by atoms with E-state index in [0.29, 0.717) is 39.1 Å². The Bertz CT molecular complexity index is 1160. The van der Waals surface area contributed by atoms with Crippen LogP contribution in [0.25, 0.3) is 22.5 Å². The fourth-order valence-electron chi connectivity index (χ4n) is 3.39. The van der Waals surface area contributed by atoms with Gasteiger partial charge in [-0.25, -0.2) is 9.67 Å². The van der Waals surface area contributed by atoms with Gasteiger partial charge in [0.15, 0.2) is 11.4 Å². The molecule has 0 unspecified atom stereocenters. The van der Waals surface area contributed by atoms with Crippen molar-refractivity contribution in [1.82, 2.24) is 25.0 Å². The van der Waals surface area contributed by atoms with Gasteiger partial charge in [0.25, 0.3) is 5.91 Å². The van der Waals surface area contributed by atoms with Crippen LogP contribution in [-0.4, -0.2) is 30.9 Å². The van der Waals surface area contributed by atoms with Gasteiger partial charge in [-0.05, 0) is 44.9 Å². The van der Waals surface area contributed by atoms with E-state index in [9.17, 15) is 4.79 Å². The average Bonchev–Trinajstić information content (AvgIpc) is 3.48. The van der Waals surface area contributed by atoms with Gasteiger partial charge in [-0.1, -0.05) is 25.2 Å². The number of furan rings is 1. The van der Waals surface area contributed by atoms with Crippen LogP contribution in [0.2, 0.25) is 0 Å². The summed E-state index contributed by atoms with van der Waals surface area (Å²) in [6, 6.07) is 5.44. The van der Waals surface area contributed by atoms with Crippen molar-refractivity contribution < 1.29 is 9.21 Å². The molecule has 9 heteroatoms. The molecule has 4 aromatic heterocycles. The summed E-state index contributed by atoms with van der Waals surface area (Å²) < 4.78 is 7.31. The van der Waals surface area contributed by atoms with Gasteiger partial charge in [0.2, 0.25) is 5.13 Å². The summed E-state index contributed by atoms with van der Waals surface area (Å²) in [6.07, 6.45) is 5.25. The molecule has 4 heterocycles. The summed E-state index contributed by atoms with van der Waals surface area (Å²) in [5.41, 5.74) is 1.69. The van der Waals surface area contributed by atoms with E-state index in [1.54, 1.807) is 29.3 Å². The molecule has 1 N–H and O–H groups in total. The minimum atomic E-state index is -0.272. The van der Waals surface area contributed by atoms with E-state index in [-0.39, 0.29) is 11.9 Å². The molecular formula is C21H24N6O2S. The topological polar surface area (TPSA) is 98.7 Å². The minimum Gasteiger partial charge on any atom is -0.463 e. The summed E-state index contributed by atoms with van der Waals surface area (Å²) in [5.74, 6) is 0.677. The lowest BCUT2D eigenvalue weighted by atomic mass is 10.1. The Morgan fingerprint density at radius 3 is 2.73 bits per heavy atom. The van der Waals surface area contributed by atoms with Crippen molar-refractivity contribution in [1.29, 1.82) is 0 Å². The van der Waals surface area contributed by atoms with Crippen LogP contribution < -0.4 is 5.32 Å². The number of hydrogen-bond acceptors (Lipinski definition) is 7. The maximum Gasteiger partial charge on any atom is 0.258 e. The Balaban J connectivity index is 1.73. The largest absolute Gasteiger partial charge is 0.463 e. The van der Waals surface area contributed by atoms with Gasteiger partial charge in [0, 0.05) is 12.0 Å². The summed E-state index contributed by atoms with van der Waals surface area (Å²) in [5, 5.41) is 17.9. The fourth-order valence-corrected chi connectivity index (χ4v) is 4.39. The van der Waals surface area contributed by atoms with Crippen molar-refractivity contribution >= 4 is 33.4 Å². The fraction of sp³-hybridized carbons (Fsp3) is 0.381. The van der Waals surface area contributed by atoms with Gasteiger partial charge in [-0.3, -0.25) is 10.1 Å². The molecule has 0 saturated carbocycles. The Labute approximate surface area is 178 Å². The summed E-state index contributed by atoms with van der Waals surface area (Å²) in [7, 11) is 0. The van der Waals surface area contributed by atoms with Crippen molar-refractivity contribution in [2.45, 2.75) is 52.5 Å². The van der Waals surface area contributed by atoms with E-state index in [2.05, 4.69) is 34.5 Å². The van der Waals surface area contributed by atoms with Gasteiger partial charge in [0.1, 0.15) is 10.7 Å². The number of rotatable bonds is 7. The number of pyridine rings is 1. The summed E-state index contributed by atoms with van der Waals surface area (Å²) in [4.78, 5) is 17.9. The Hall–Kier alpha value is -3.07. The van der Waals surface area contributed by atoms with E-state index in [0.717, 1.165) is 17.8 Å². The Kier molecular flexibility index (Phi) is 5.63. The molecule has 0 aromatic carbocycles. The zero-order valence-corrected chi connectivity index (χ0v) is 18.2. The number of aromatic nitrogens is 5. The van der Waals surface area contributed by atoms with Gasteiger partial charge >= 0.3 is 0 Å². The predicted molar refractivity (Wildman–Crippen MR) is 117 cm³/mol. The molecule has 30 heavy (non-hydrogen) atoms. The molecule has 0 fully saturated rings. The highest BCUT2D eigenvalue weighted by Crippen LogP contribution is 2.30. The van der Waals surface area contributed by atoms with Crippen LogP contribution in [0.15, 0.2) is 35.1 Å². The lowest BCUT2D eigenvalue weighted by Crippen LogP contribution is -2.13. The normalized spacial score (nSPS) is 11.7. The molecule has 4 aromatic rings. The van der Waals surface area contributed by atoms with Crippen LogP contribution in [0.1, 0.15) is 67.9 Å². The molecular weight excluding hydrogens is 400 g/mol. The summed E-state index contributed by atoms with van der Waals surface area (Å²) >= 11 is 1.42. The number of nitrogens with zero attached hydrogens (tertiary/aromatic N) is 5. The molecule has 156 valence electrons. The minimum absolute atomic E-state index is 0.100. The van der Waals surface area contributed by atoms with E-state index >= 15 is 0 Å². The molecule has 0 aliphatic carbocycles. The quantitative estimate of drug-likeness (QED) is 0.433. The second-order valence-electron chi connectivity index (χ2n) is 7.37. The van der Waals surface area contributed by atoms with Crippen molar-refractivity contribution in [3.63, 3.8) is 0 Å². The highest BCUT2D eigenvalue weighted by molar-refractivity contribution is 7.15.